The molecule has 2 heterocycles. The van der Waals surface area contributed by atoms with E-state index in [1.807, 2.05) is 11.8 Å². The van der Waals surface area contributed by atoms with Crippen LogP contribution < -0.4 is 10.6 Å². The number of hydrogen-bond acceptors (Lipinski definition) is 4. The standard InChI is InChI=1S/C11H16F2N4OS/c12-11(13)17-3-1-15-9(17)6-16-10(18)5-8-7-19-4-2-14-8/h1,3,8,11,14H,2,4-7H2,(H,16,18). The van der Waals surface area contributed by atoms with Crippen molar-refractivity contribution in [2.24, 2.45) is 0 Å². The van der Waals surface area contributed by atoms with Gasteiger partial charge in [-0.3, -0.25) is 9.36 Å². The summed E-state index contributed by atoms with van der Waals surface area (Å²) < 4.78 is 25.9. The molecule has 1 unspecified atom stereocenters. The number of rotatable bonds is 5. The predicted octanol–water partition coefficient (Wildman–Crippen LogP) is 0.989. The fourth-order valence-corrected chi connectivity index (χ4v) is 2.83. The van der Waals surface area contributed by atoms with Gasteiger partial charge in [0.2, 0.25) is 5.91 Å². The highest BCUT2D eigenvalue weighted by atomic mass is 32.2. The maximum Gasteiger partial charge on any atom is 0.319 e. The smallest absolute Gasteiger partial charge is 0.319 e. The average molecular weight is 290 g/mol. The lowest BCUT2D eigenvalue weighted by atomic mass is 10.2. The molecule has 0 bridgehead atoms. The van der Waals surface area contributed by atoms with E-state index in [1.165, 1.54) is 12.4 Å². The number of alkyl halides is 2. The highest BCUT2D eigenvalue weighted by molar-refractivity contribution is 7.99. The molecule has 19 heavy (non-hydrogen) atoms. The fourth-order valence-electron chi connectivity index (χ4n) is 1.88. The SMILES string of the molecule is O=C(CC1CSCCN1)NCc1nccn1C(F)F. The molecular formula is C11H16F2N4OS. The molecule has 2 N–H and O–H groups in total. The van der Waals surface area contributed by atoms with E-state index in [4.69, 9.17) is 0 Å². The van der Waals surface area contributed by atoms with Crippen LogP contribution in [0.25, 0.3) is 0 Å². The Bertz CT molecular complexity index is 421. The molecule has 0 radical (unpaired) electrons. The summed E-state index contributed by atoms with van der Waals surface area (Å²) in [6, 6.07) is 0.161. The van der Waals surface area contributed by atoms with Crippen LogP contribution in [0.15, 0.2) is 12.4 Å². The first-order chi connectivity index (χ1) is 9.16. The third-order valence-corrected chi connectivity index (χ3v) is 3.96. The number of nitrogens with one attached hydrogen (secondary N) is 2. The number of carbonyl (C=O) groups is 1. The van der Waals surface area contributed by atoms with Crippen molar-refractivity contribution < 1.29 is 13.6 Å². The minimum absolute atomic E-state index is 0.0238. The number of hydrogen-bond donors (Lipinski definition) is 2. The minimum Gasteiger partial charge on any atom is -0.349 e. The van der Waals surface area contributed by atoms with Gasteiger partial charge in [-0.15, -0.1) is 0 Å². The molecule has 1 amide bonds. The van der Waals surface area contributed by atoms with Crippen LogP contribution in [0.1, 0.15) is 18.8 Å². The fraction of sp³-hybridized carbons (Fsp3) is 0.636. The third kappa shape index (κ3) is 4.17. The van der Waals surface area contributed by atoms with Gasteiger partial charge in [-0.25, -0.2) is 4.98 Å². The minimum atomic E-state index is -2.63. The molecule has 1 fully saturated rings. The molecule has 1 aromatic rings. The number of aromatic nitrogens is 2. The molecule has 1 aliphatic rings. The Hall–Kier alpha value is -1.15. The van der Waals surface area contributed by atoms with Crippen LogP contribution >= 0.6 is 11.8 Å². The average Bonchev–Trinajstić information content (AvgIpc) is 2.86. The molecular weight excluding hydrogens is 274 g/mol. The van der Waals surface area contributed by atoms with Gasteiger partial charge in [-0.05, 0) is 0 Å². The highest BCUT2D eigenvalue weighted by Gasteiger charge is 2.17. The van der Waals surface area contributed by atoms with Crippen molar-refractivity contribution in [3.63, 3.8) is 0 Å². The molecule has 1 atom stereocenters. The summed E-state index contributed by atoms with van der Waals surface area (Å²) >= 11 is 1.81. The van der Waals surface area contributed by atoms with Crippen molar-refractivity contribution in [2.45, 2.75) is 25.6 Å². The number of thioether (sulfide) groups is 1. The van der Waals surface area contributed by atoms with Gasteiger partial charge in [0.15, 0.2) is 0 Å². The van der Waals surface area contributed by atoms with Crippen molar-refractivity contribution in [2.75, 3.05) is 18.1 Å². The van der Waals surface area contributed by atoms with Gasteiger partial charge in [-0.2, -0.15) is 20.5 Å². The summed E-state index contributed by atoms with van der Waals surface area (Å²) in [6.45, 7) is -1.71. The predicted molar refractivity (Wildman–Crippen MR) is 69.1 cm³/mol. The number of halogens is 2. The zero-order valence-electron chi connectivity index (χ0n) is 10.3. The summed E-state index contributed by atoms with van der Waals surface area (Å²) in [7, 11) is 0. The van der Waals surface area contributed by atoms with Crippen molar-refractivity contribution in [1.82, 2.24) is 20.2 Å². The van der Waals surface area contributed by atoms with Crippen LogP contribution in [0.3, 0.4) is 0 Å². The van der Waals surface area contributed by atoms with Crippen molar-refractivity contribution >= 4 is 17.7 Å². The summed E-state index contributed by atoms with van der Waals surface area (Å²) in [4.78, 5) is 15.5. The number of nitrogens with zero attached hydrogens (tertiary/aromatic N) is 2. The van der Waals surface area contributed by atoms with Crippen molar-refractivity contribution in [3.8, 4) is 0 Å². The first-order valence-corrected chi connectivity index (χ1v) is 7.20. The topological polar surface area (TPSA) is 59.0 Å². The van der Waals surface area contributed by atoms with E-state index in [1.54, 1.807) is 0 Å². The second kappa shape index (κ2) is 6.85. The van der Waals surface area contributed by atoms with E-state index in [0.29, 0.717) is 6.42 Å². The zero-order chi connectivity index (χ0) is 13.7. The van der Waals surface area contributed by atoms with Gasteiger partial charge in [0.25, 0.3) is 0 Å². The maximum absolute atomic E-state index is 12.6. The molecule has 0 saturated carbocycles. The summed E-state index contributed by atoms with van der Waals surface area (Å²) in [6.07, 6.45) is 2.86. The number of imidazole rings is 1. The molecule has 8 heteroatoms. The van der Waals surface area contributed by atoms with E-state index in [-0.39, 0.29) is 24.3 Å². The molecule has 1 aliphatic heterocycles. The van der Waals surface area contributed by atoms with Gasteiger partial charge in [0, 0.05) is 42.9 Å². The normalized spacial score (nSPS) is 19.6. The van der Waals surface area contributed by atoms with Gasteiger partial charge < -0.3 is 10.6 Å². The van der Waals surface area contributed by atoms with Gasteiger partial charge in [0.1, 0.15) is 5.82 Å². The Labute approximate surface area is 114 Å². The molecule has 0 spiro atoms. The van der Waals surface area contributed by atoms with E-state index < -0.39 is 6.55 Å². The highest BCUT2D eigenvalue weighted by Crippen LogP contribution is 2.12. The second-order valence-corrected chi connectivity index (χ2v) is 5.39. The maximum atomic E-state index is 12.6. The lowest BCUT2D eigenvalue weighted by molar-refractivity contribution is -0.121. The van der Waals surface area contributed by atoms with Crippen LogP contribution in [0.4, 0.5) is 8.78 Å². The van der Waals surface area contributed by atoms with Crippen LogP contribution in [0.5, 0.6) is 0 Å². The second-order valence-electron chi connectivity index (χ2n) is 4.24. The van der Waals surface area contributed by atoms with Gasteiger partial charge in [-0.1, -0.05) is 0 Å². The zero-order valence-corrected chi connectivity index (χ0v) is 11.1. The Morgan fingerprint density at radius 3 is 3.21 bits per heavy atom. The third-order valence-electron chi connectivity index (χ3n) is 2.83. The van der Waals surface area contributed by atoms with E-state index >= 15 is 0 Å². The van der Waals surface area contributed by atoms with Crippen LogP contribution in [-0.4, -0.2) is 39.6 Å². The van der Waals surface area contributed by atoms with Crippen LogP contribution in [0.2, 0.25) is 0 Å². The molecule has 0 aromatic carbocycles. The Morgan fingerprint density at radius 1 is 1.68 bits per heavy atom. The van der Waals surface area contributed by atoms with Crippen molar-refractivity contribution in [1.29, 1.82) is 0 Å². The largest absolute Gasteiger partial charge is 0.349 e. The first kappa shape index (κ1) is 14.3. The lowest BCUT2D eigenvalue weighted by Crippen LogP contribution is -2.41. The summed E-state index contributed by atoms with van der Waals surface area (Å²) in [5, 5.41) is 5.87. The number of carbonyl (C=O) groups excluding carboxylic acids is 1. The van der Waals surface area contributed by atoms with E-state index in [2.05, 4.69) is 15.6 Å². The first-order valence-electron chi connectivity index (χ1n) is 6.04. The van der Waals surface area contributed by atoms with Crippen LogP contribution in [0, 0.1) is 0 Å². The molecule has 5 nitrogen and oxygen atoms in total. The lowest BCUT2D eigenvalue weighted by Gasteiger charge is -2.22. The van der Waals surface area contributed by atoms with E-state index in [9.17, 15) is 13.6 Å². The Kier molecular flexibility index (Phi) is 5.15. The van der Waals surface area contributed by atoms with Gasteiger partial charge >= 0.3 is 6.55 Å². The Balaban J connectivity index is 1.78. The van der Waals surface area contributed by atoms with Gasteiger partial charge in [0.05, 0.1) is 6.54 Å². The molecule has 0 aliphatic carbocycles. The van der Waals surface area contributed by atoms with E-state index in [0.717, 1.165) is 22.6 Å². The quantitative estimate of drug-likeness (QED) is 0.849. The molecule has 106 valence electrons. The summed E-state index contributed by atoms with van der Waals surface area (Å²) in [5.41, 5.74) is 0. The summed E-state index contributed by atoms with van der Waals surface area (Å²) in [5.74, 6) is 1.97. The Morgan fingerprint density at radius 2 is 2.53 bits per heavy atom. The number of amides is 1. The van der Waals surface area contributed by atoms with Crippen LogP contribution in [-0.2, 0) is 11.3 Å². The molecule has 1 saturated heterocycles. The molecule has 2 rings (SSSR count). The monoisotopic (exact) mass is 290 g/mol. The molecule has 1 aromatic heterocycles. The van der Waals surface area contributed by atoms with Crippen molar-refractivity contribution in [3.05, 3.63) is 18.2 Å².